The van der Waals surface area contributed by atoms with Crippen molar-refractivity contribution in [1.82, 2.24) is 0 Å². The molecule has 0 heterocycles. The Morgan fingerprint density at radius 3 is 1.24 bits per heavy atom. The van der Waals surface area contributed by atoms with Gasteiger partial charge >= 0.3 is 23.9 Å². The second-order valence-electron chi connectivity index (χ2n) is 13.0. The number of ether oxygens (including phenoxy) is 4. The van der Waals surface area contributed by atoms with Crippen molar-refractivity contribution in [2.45, 2.75) is 78.6 Å². The van der Waals surface area contributed by atoms with E-state index in [-0.39, 0.29) is 12.8 Å². The predicted molar refractivity (Wildman–Crippen MR) is 207 cm³/mol. The van der Waals surface area contributed by atoms with Gasteiger partial charge in [0.05, 0.1) is 11.1 Å². The Kier molecular flexibility index (Phi) is 14.3. The van der Waals surface area contributed by atoms with Crippen molar-refractivity contribution in [1.29, 1.82) is 0 Å². The molecule has 0 atom stereocenters. The summed E-state index contributed by atoms with van der Waals surface area (Å²) in [6.07, 6.45) is 5.78. The van der Waals surface area contributed by atoms with Gasteiger partial charge in [0.1, 0.15) is 23.0 Å². The summed E-state index contributed by atoms with van der Waals surface area (Å²) in [5, 5.41) is 0. The average molecular weight is 727 g/mol. The number of carbonyl (C=O) groups is 4. The van der Waals surface area contributed by atoms with Gasteiger partial charge < -0.3 is 18.9 Å². The zero-order valence-electron chi connectivity index (χ0n) is 31.1. The molecule has 278 valence electrons. The Hall–Kier alpha value is -6.02. The minimum absolute atomic E-state index is 0.151. The third-order valence-electron chi connectivity index (χ3n) is 8.83. The van der Waals surface area contributed by atoms with Crippen molar-refractivity contribution in [3.8, 4) is 23.0 Å². The molecule has 0 saturated heterocycles. The van der Waals surface area contributed by atoms with Crippen LogP contribution in [0.3, 0.4) is 0 Å². The summed E-state index contributed by atoms with van der Waals surface area (Å²) < 4.78 is 22.3. The van der Waals surface area contributed by atoms with E-state index >= 15 is 0 Å². The maximum Gasteiger partial charge on any atom is 0.343 e. The van der Waals surface area contributed by atoms with Crippen LogP contribution in [-0.4, -0.2) is 23.9 Å². The summed E-state index contributed by atoms with van der Waals surface area (Å²) in [6, 6.07) is 34.0. The molecule has 0 unspecified atom stereocenters. The minimum Gasteiger partial charge on any atom is -0.427 e. The van der Waals surface area contributed by atoms with Crippen LogP contribution < -0.4 is 18.9 Å². The molecule has 0 aliphatic heterocycles. The first-order valence-electron chi connectivity index (χ1n) is 18.6. The Bertz CT molecular complexity index is 2010. The van der Waals surface area contributed by atoms with E-state index in [0.717, 1.165) is 42.4 Å². The fourth-order valence-electron chi connectivity index (χ4n) is 5.82. The Morgan fingerprint density at radius 2 is 0.815 bits per heavy atom. The van der Waals surface area contributed by atoms with Crippen LogP contribution in [0.1, 0.15) is 95.0 Å². The molecule has 0 fully saturated rings. The Morgan fingerprint density at radius 1 is 0.426 bits per heavy atom. The van der Waals surface area contributed by atoms with Gasteiger partial charge in [-0.3, -0.25) is 9.59 Å². The molecule has 0 aromatic heterocycles. The van der Waals surface area contributed by atoms with Crippen LogP contribution in [0.4, 0.5) is 0 Å². The van der Waals surface area contributed by atoms with Crippen LogP contribution >= 0.6 is 0 Å². The topological polar surface area (TPSA) is 105 Å². The highest BCUT2D eigenvalue weighted by Gasteiger charge is 2.14. The first-order valence-corrected chi connectivity index (χ1v) is 18.6. The highest BCUT2D eigenvalue weighted by molar-refractivity contribution is 5.91. The number of benzene rings is 5. The van der Waals surface area contributed by atoms with Crippen LogP contribution in [0, 0.1) is 0 Å². The van der Waals surface area contributed by atoms with E-state index < -0.39 is 23.9 Å². The fraction of sp³-hybridized carbons (Fsp3) is 0.261. The van der Waals surface area contributed by atoms with Gasteiger partial charge in [0, 0.05) is 12.8 Å². The van der Waals surface area contributed by atoms with Gasteiger partial charge in [-0.1, -0.05) is 82.1 Å². The summed E-state index contributed by atoms with van der Waals surface area (Å²) in [5.41, 5.74) is 5.88. The molecule has 0 aliphatic carbocycles. The molecule has 8 heteroatoms. The number of carbonyl (C=O) groups excluding carboxylic acids is 4. The van der Waals surface area contributed by atoms with Crippen LogP contribution in [-0.2, 0) is 41.7 Å². The minimum atomic E-state index is -0.422. The standard InChI is InChI=1S/C46H46O8/c1-4-7-32-9-19-37(20-10-32)45(49)52-39-23-13-34(14-24-39)17-29-43(47)51-41-27-28-42(36(6-3)31-41)54-44(48)30-18-35-15-25-40(26-16-35)53-46(50)38-21-11-33(8-5-2)12-22-38/h9-16,19-28,31H,4-8,17-18,29-30H2,1-3H3. The van der Waals surface area contributed by atoms with Gasteiger partial charge in [0.15, 0.2) is 0 Å². The second kappa shape index (κ2) is 19.7. The molecule has 0 saturated carbocycles. The molecular formula is C46H46O8. The summed E-state index contributed by atoms with van der Waals surface area (Å²) in [4.78, 5) is 50.5. The van der Waals surface area contributed by atoms with Crippen LogP contribution in [0.5, 0.6) is 23.0 Å². The molecule has 0 N–H and O–H groups in total. The van der Waals surface area contributed by atoms with Crippen molar-refractivity contribution < 1.29 is 38.1 Å². The molecule has 8 nitrogen and oxygen atoms in total. The maximum absolute atomic E-state index is 12.7. The van der Waals surface area contributed by atoms with E-state index in [4.69, 9.17) is 18.9 Å². The summed E-state index contributed by atoms with van der Waals surface area (Å²) in [7, 11) is 0. The lowest BCUT2D eigenvalue weighted by Gasteiger charge is -2.12. The zero-order chi connectivity index (χ0) is 38.3. The predicted octanol–water partition coefficient (Wildman–Crippen LogP) is 9.67. The number of hydrogen-bond donors (Lipinski definition) is 0. The molecular weight excluding hydrogens is 680 g/mol. The van der Waals surface area contributed by atoms with E-state index in [0.29, 0.717) is 53.4 Å². The number of esters is 4. The molecule has 0 aliphatic rings. The molecule has 0 radical (unpaired) electrons. The van der Waals surface area contributed by atoms with Crippen molar-refractivity contribution in [3.05, 3.63) is 154 Å². The van der Waals surface area contributed by atoms with Crippen LogP contribution in [0.15, 0.2) is 115 Å². The number of hydrogen-bond acceptors (Lipinski definition) is 8. The highest BCUT2D eigenvalue weighted by Crippen LogP contribution is 2.26. The third-order valence-corrected chi connectivity index (χ3v) is 8.83. The van der Waals surface area contributed by atoms with E-state index in [9.17, 15) is 19.2 Å². The van der Waals surface area contributed by atoms with Crippen molar-refractivity contribution >= 4 is 23.9 Å². The second-order valence-corrected chi connectivity index (χ2v) is 13.0. The number of aryl methyl sites for hydroxylation is 5. The van der Waals surface area contributed by atoms with Gasteiger partial charge in [-0.15, -0.1) is 0 Å². The lowest BCUT2D eigenvalue weighted by Crippen LogP contribution is -2.12. The summed E-state index contributed by atoms with van der Waals surface area (Å²) in [6.45, 7) is 6.15. The van der Waals surface area contributed by atoms with Crippen LogP contribution in [0.2, 0.25) is 0 Å². The first kappa shape index (κ1) is 39.2. The zero-order valence-corrected chi connectivity index (χ0v) is 31.1. The summed E-state index contributed by atoms with van der Waals surface area (Å²) in [5.74, 6) is 0.0107. The lowest BCUT2D eigenvalue weighted by molar-refractivity contribution is -0.135. The van der Waals surface area contributed by atoms with E-state index in [2.05, 4.69) is 13.8 Å². The lowest BCUT2D eigenvalue weighted by atomic mass is 10.1. The van der Waals surface area contributed by atoms with E-state index in [1.165, 1.54) is 11.1 Å². The van der Waals surface area contributed by atoms with Crippen molar-refractivity contribution in [2.24, 2.45) is 0 Å². The summed E-state index contributed by atoms with van der Waals surface area (Å²) >= 11 is 0. The molecule has 5 aromatic rings. The average Bonchev–Trinajstić information content (AvgIpc) is 3.18. The van der Waals surface area contributed by atoms with Crippen molar-refractivity contribution in [2.75, 3.05) is 0 Å². The molecule has 0 spiro atoms. The molecule has 5 aromatic carbocycles. The number of rotatable bonds is 17. The normalized spacial score (nSPS) is 10.7. The van der Waals surface area contributed by atoms with Gasteiger partial charge in [-0.05, 0) is 127 Å². The molecule has 5 rings (SSSR count). The van der Waals surface area contributed by atoms with E-state index in [1.54, 1.807) is 66.7 Å². The van der Waals surface area contributed by atoms with Gasteiger partial charge in [0.25, 0.3) is 0 Å². The Labute approximate surface area is 317 Å². The fourth-order valence-corrected chi connectivity index (χ4v) is 5.82. The molecule has 0 bridgehead atoms. The highest BCUT2D eigenvalue weighted by atomic mass is 16.5. The quantitative estimate of drug-likeness (QED) is 0.0689. The van der Waals surface area contributed by atoms with Crippen LogP contribution in [0.25, 0.3) is 0 Å². The third kappa shape index (κ3) is 11.7. The SMILES string of the molecule is CCCc1ccc(C(=O)Oc2ccc(CCC(=O)Oc3ccc(OC(=O)CCc4ccc(OC(=O)c5ccc(CCC)cc5)cc4)c(CC)c3)cc2)cc1. The van der Waals surface area contributed by atoms with Gasteiger partial charge in [0.2, 0.25) is 0 Å². The van der Waals surface area contributed by atoms with Gasteiger partial charge in [-0.25, -0.2) is 9.59 Å². The molecule has 0 amide bonds. The smallest absolute Gasteiger partial charge is 0.343 e. The monoisotopic (exact) mass is 726 g/mol. The van der Waals surface area contributed by atoms with Gasteiger partial charge in [-0.2, -0.15) is 0 Å². The largest absolute Gasteiger partial charge is 0.427 e. The van der Waals surface area contributed by atoms with Crippen molar-refractivity contribution in [3.63, 3.8) is 0 Å². The Balaban J connectivity index is 1.04. The first-order chi connectivity index (χ1) is 26.2. The van der Waals surface area contributed by atoms with E-state index in [1.807, 2.05) is 55.5 Å². The maximum atomic E-state index is 12.7. The molecule has 54 heavy (non-hydrogen) atoms.